The lowest BCUT2D eigenvalue weighted by atomic mass is 9.86. The summed E-state index contributed by atoms with van der Waals surface area (Å²) < 4.78 is 33.8. The van der Waals surface area contributed by atoms with Gasteiger partial charge in [-0.3, -0.25) is 38.5 Å². The third-order valence-electron chi connectivity index (χ3n) is 8.94. The van der Waals surface area contributed by atoms with Gasteiger partial charge in [0.1, 0.15) is 18.8 Å². The lowest BCUT2D eigenvalue weighted by Crippen LogP contribution is -2.71. The summed E-state index contributed by atoms with van der Waals surface area (Å²) in [4.78, 5) is 105. The number of amides is 4. The van der Waals surface area contributed by atoms with Crippen LogP contribution in [0.25, 0.3) is 0 Å². The Morgan fingerprint density at radius 3 is 1.82 bits per heavy atom. The largest absolute Gasteiger partial charge is 0.462 e. The second kappa shape index (κ2) is 18.8. The van der Waals surface area contributed by atoms with Gasteiger partial charge < -0.3 is 39.1 Å². The van der Waals surface area contributed by atoms with E-state index in [-0.39, 0.29) is 6.04 Å². The molecule has 2 saturated carbocycles. The van der Waals surface area contributed by atoms with Crippen LogP contribution in [0.2, 0.25) is 0 Å². The van der Waals surface area contributed by atoms with Crippen molar-refractivity contribution in [3.63, 3.8) is 0 Å². The minimum Gasteiger partial charge on any atom is -0.462 e. The molecule has 286 valence electrons. The molecule has 3 rings (SSSR count). The third-order valence-corrected chi connectivity index (χ3v) is 8.94. The van der Waals surface area contributed by atoms with Crippen LogP contribution in [0.1, 0.15) is 112 Å². The first-order valence-electron chi connectivity index (χ1n) is 17.5. The van der Waals surface area contributed by atoms with Crippen LogP contribution in [0.5, 0.6) is 0 Å². The van der Waals surface area contributed by atoms with Gasteiger partial charge >= 0.3 is 41.8 Å². The van der Waals surface area contributed by atoms with Crippen molar-refractivity contribution in [3.8, 4) is 0 Å². The molecule has 0 bridgehead atoms. The Morgan fingerprint density at radius 1 is 0.725 bits per heavy atom. The van der Waals surface area contributed by atoms with E-state index < -0.39 is 103 Å². The average Bonchev–Trinajstić information content (AvgIpc) is 3.03. The van der Waals surface area contributed by atoms with E-state index in [1.54, 1.807) is 0 Å². The number of carbonyl (C=O) groups excluding carboxylic acids is 8. The second-order valence-corrected chi connectivity index (χ2v) is 13.3. The zero-order chi connectivity index (χ0) is 37.9. The molecule has 0 spiro atoms. The van der Waals surface area contributed by atoms with Crippen molar-refractivity contribution in [1.29, 1.82) is 0 Å². The molecule has 1 saturated heterocycles. The normalized spacial score (nSPS) is 25.2. The zero-order valence-corrected chi connectivity index (χ0v) is 30.2. The van der Waals surface area contributed by atoms with Crippen molar-refractivity contribution in [2.45, 2.75) is 160 Å². The summed E-state index contributed by atoms with van der Waals surface area (Å²) in [6.07, 6.45) is 0.0872. The lowest BCUT2D eigenvalue weighted by molar-refractivity contribution is -0.299. The molecule has 4 amide bonds. The van der Waals surface area contributed by atoms with E-state index >= 15 is 4.79 Å². The highest BCUT2D eigenvalue weighted by Crippen LogP contribution is 2.39. The van der Waals surface area contributed by atoms with Crippen LogP contribution >= 0.6 is 0 Å². The Morgan fingerprint density at radius 2 is 1.31 bits per heavy atom. The van der Waals surface area contributed by atoms with Crippen LogP contribution in [0.4, 0.5) is 4.79 Å². The zero-order valence-electron chi connectivity index (χ0n) is 30.2. The number of nitrogens with one attached hydrogen (secondary N) is 2. The maximum Gasteiger partial charge on any atom is 0.324 e. The van der Waals surface area contributed by atoms with Crippen LogP contribution in [-0.4, -0.2) is 108 Å². The van der Waals surface area contributed by atoms with Crippen molar-refractivity contribution in [2.24, 2.45) is 0 Å². The van der Waals surface area contributed by atoms with Crippen LogP contribution in [0.3, 0.4) is 0 Å². The highest BCUT2D eigenvalue weighted by molar-refractivity contribution is 5.99. The Kier molecular flexibility index (Phi) is 15.2. The predicted octanol–water partition coefficient (Wildman–Crippen LogP) is 2.10. The number of urea groups is 1. The summed E-state index contributed by atoms with van der Waals surface area (Å²) in [6.45, 7) is 5.70. The third kappa shape index (κ3) is 11.9. The number of imide groups is 1. The number of hydrogen-bond donors (Lipinski definition) is 2. The predicted molar refractivity (Wildman–Crippen MR) is 174 cm³/mol. The summed E-state index contributed by atoms with van der Waals surface area (Å²) >= 11 is 0. The molecule has 17 nitrogen and oxygen atoms in total. The summed E-state index contributed by atoms with van der Waals surface area (Å²) in [6, 6.07) is -2.97. The van der Waals surface area contributed by atoms with Gasteiger partial charge in [-0.1, -0.05) is 38.5 Å². The Hall–Kier alpha value is -4.28. The minimum absolute atomic E-state index is 0.202. The molecule has 3 fully saturated rings. The van der Waals surface area contributed by atoms with Gasteiger partial charge in [-0.05, 0) is 25.7 Å². The number of hydrogen-bond acceptors (Lipinski definition) is 14. The van der Waals surface area contributed by atoms with Crippen LogP contribution < -0.4 is 10.6 Å². The number of rotatable bonds is 12. The SMILES string of the molecule is CC(=O)N[C@H]1[C@H]([C@H](OC(C)=O)[C@@H](COC(C)=O)OC(C)=O)O[C@](OC(C)=O)(C(=O)N(C(=O)NC2CCCCC2)C2CCCCC2)C[C@@H]1OC(C)=O. The maximum atomic E-state index is 15.0. The second-order valence-electron chi connectivity index (χ2n) is 13.3. The molecule has 0 aromatic carbocycles. The molecule has 0 radical (unpaired) electrons. The van der Waals surface area contributed by atoms with Gasteiger partial charge in [-0.2, -0.15) is 0 Å². The smallest absolute Gasteiger partial charge is 0.324 e. The van der Waals surface area contributed by atoms with Crippen LogP contribution in [0.15, 0.2) is 0 Å². The quantitative estimate of drug-likeness (QED) is 0.218. The molecule has 51 heavy (non-hydrogen) atoms. The summed E-state index contributed by atoms with van der Waals surface area (Å²) in [5.41, 5.74) is 0. The molecule has 0 aromatic rings. The minimum atomic E-state index is -2.70. The maximum absolute atomic E-state index is 15.0. The van der Waals surface area contributed by atoms with Crippen molar-refractivity contribution >= 4 is 47.7 Å². The van der Waals surface area contributed by atoms with Gasteiger partial charge in [0.2, 0.25) is 5.91 Å². The first-order chi connectivity index (χ1) is 24.0. The van der Waals surface area contributed by atoms with Crippen LogP contribution in [-0.2, 0) is 62.0 Å². The average molecular weight is 726 g/mol. The van der Waals surface area contributed by atoms with Crippen LogP contribution in [0, 0.1) is 0 Å². The molecule has 0 aromatic heterocycles. The number of carbonyl (C=O) groups is 8. The highest BCUT2D eigenvalue weighted by atomic mass is 16.7. The van der Waals surface area contributed by atoms with E-state index in [9.17, 15) is 33.6 Å². The van der Waals surface area contributed by atoms with E-state index in [1.807, 2.05) is 0 Å². The van der Waals surface area contributed by atoms with Gasteiger partial charge in [-0.15, -0.1) is 0 Å². The Bertz CT molecular complexity index is 1310. The summed E-state index contributed by atoms with van der Waals surface area (Å²) in [7, 11) is 0. The monoisotopic (exact) mass is 725 g/mol. The van der Waals surface area contributed by atoms with Gasteiger partial charge in [0.15, 0.2) is 12.2 Å². The van der Waals surface area contributed by atoms with Gasteiger partial charge in [0, 0.05) is 53.6 Å². The van der Waals surface area contributed by atoms with Crippen molar-refractivity contribution in [1.82, 2.24) is 15.5 Å². The molecule has 0 unspecified atom stereocenters. The van der Waals surface area contributed by atoms with Crippen molar-refractivity contribution < 1.29 is 66.8 Å². The lowest BCUT2D eigenvalue weighted by Gasteiger charge is -2.50. The first kappa shape index (κ1) is 41.1. The molecular formula is C34H51N3O14. The molecule has 3 aliphatic rings. The Labute approximate surface area is 297 Å². The molecule has 1 aliphatic heterocycles. The molecule has 2 N–H and O–H groups in total. The van der Waals surface area contributed by atoms with E-state index in [0.29, 0.717) is 38.5 Å². The van der Waals surface area contributed by atoms with Crippen molar-refractivity contribution in [2.75, 3.05) is 6.61 Å². The van der Waals surface area contributed by atoms with E-state index in [4.69, 9.17) is 28.4 Å². The van der Waals surface area contributed by atoms with Crippen molar-refractivity contribution in [3.05, 3.63) is 0 Å². The molecular weight excluding hydrogens is 674 g/mol. The molecule has 17 heteroatoms. The molecule has 2 aliphatic carbocycles. The molecule has 1 heterocycles. The fourth-order valence-corrected chi connectivity index (χ4v) is 7.03. The molecule has 6 atom stereocenters. The Balaban J connectivity index is 2.25. The standard InChI is InChI=1S/C34H51N3O14/c1-19(38)35-29-27(47-21(3)40)17-34(50-24(6)43,51-31(29)30(49-23(5)42)28(48-22(4)41)18-46-20(2)39)32(44)37(26-15-11-8-12-16-26)33(45)36-25-13-9-7-10-14-25/h25-31H,7-18H2,1-6H3,(H,35,38)(H,36,45)/t27-,28+,29+,30+,31+,34-/m0/s1. The van der Waals surface area contributed by atoms with E-state index in [0.717, 1.165) is 72.1 Å². The first-order valence-corrected chi connectivity index (χ1v) is 17.5. The number of ether oxygens (including phenoxy) is 6. The topological polar surface area (TPSA) is 219 Å². The fourth-order valence-electron chi connectivity index (χ4n) is 7.03. The summed E-state index contributed by atoms with van der Waals surface area (Å²) in [5, 5.41) is 5.55. The van der Waals surface area contributed by atoms with E-state index in [1.165, 1.54) is 0 Å². The highest BCUT2D eigenvalue weighted by Gasteiger charge is 2.61. The number of esters is 5. The van der Waals surface area contributed by atoms with Gasteiger partial charge in [0.05, 0.1) is 12.5 Å². The summed E-state index contributed by atoms with van der Waals surface area (Å²) in [5.74, 6) is -8.96. The van der Waals surface area contributed by atoms with Gasteiger partial charge in [-0.25, -0.2) is 4.79 Å². The number of nitrogens with zero attached hydrogens (tertiary/aromatic N) is 1. The fraction of sp³-hybridized carbons (Fsp3) is 0.765. The van der Waals surface area contributed by atoms with E-state index in [2.05, 4.69) is 10.6 Å². The van der Waals surface area contributed by atoms with Gasteiger partial charge in [0.25, 0.3) is 5.79 Å².